The lowest BCUT2D eigenvalue weighted by Gasteiger charge is -2.21. The monoisotopic (exact) mass is 344 g/mol. The van der Waals surface area contributed by atoms with Gasteiger partial charge in [0.15, 0.2) is 14.9 Å². The molecule has 1 saturated heterocycles. The first-order valence-corrected chi connectivity index (χ1v) is 9.78. The number of benzene rings is 1. The van der Waals surface area contributed by atoms with Gasteiger partial charge >= 0.3 is 0 Å². The maximum atomic E-state index is 12.4. The van der Waals surface area contributed by atoms with Crippen molar-refractivity contribution in [2.24, 2.45) is 0 Å². The number of hydrogen-bond donors (Lipinski definition) is 0. The predicted molar refractivity (Wildman–Crippen MR) is 97.2 cm³/mol. The third-order valence-electron chi connectivity index (χ3n) is 4.63. The fourth-order valence-electron chi connectivity index (χ4n) is 3.02. The van der Waals surface area contributed by atoms with Crippen LogP contribution in [0.2, 0.25) is 0 Å². The summed E-state index contributed by atoms with van der Waals surface area (Å²) in [5.74, 6) is 0.518. The van der Waals surface area contributed by atoms with E-state index in [4.69, 9.17) is 0 Å². The molecule has 2 aromatic rings. The van der Waals surface area contributed by atoms with Crippen molar-refractivity contribution in [1.29, 1.82) is 0 Å². The number of aromatic nitrogens is 1. The van der Waals surface area contributed by atoms with E-state index in [2.05, 4.69) is 34.1 Å². The maximum absolute atomic E-state index is 12.4. The standard InChI is InChI=1S/C19H24N2O2S/c1-19(2,3)24(22,23)18-10-9-17(13-20-18)21-12-11-16(14-21)15-7-5-4-6-8-15/h4-10,13,16H,11-12,14H2,1-3H3. The van der Waals surface area contributed by atoms with Gasteiger partial charge < -0.3 is 4.90 Å². The van der Waals surface area contributed by atoms with Gasteiger partial charge in [0.2, 0.25) is 0 Å². The fourth-order valence-corrected chi connectivity index (χ4v) is 4.09. The first kappa shape index (κ1) is 17.0. The fraction of sp³-hybridized carbons (Fsp3) is 0.421. The molecule has 2 heterocycles. The Labute approximate surface area is 144 Å². The average molecular weight is 344 g/mol. The van der Waals surface area contributed by atoms with Gasteiger partial charge in [-0.05, 0) is 44.9 Å². The second kappa shape index (κ2) is 6.20. The lowest BCUT2D eigenvalue weighted by molar-refractivity contribution is 0.556. The number of hydrogen-bond acceptors (Lipinski definition) is 4. The van der Waals surface area contributed by atoms with E-state index in [0.29, 0.717) is 5.92 Å². The zero-order valence-corrected chi connectivity index (χ0v) is 15.3. The summed E-state index contributed by atoms with van der Waals surface area (Å²) >= 11 is 0. The second-order valence-corrected chi connectivity index (χ2v) is 9.96. The van der Waals surface area contributed by atoms with Gasteiger partial charge in [0.05, 0.1) is 16.6 Å². The molecule has 24 heavy (non-hydrogen) atoms. The minimum Gasteiger partial charge on any atom is -0.370 e. The van der Waals surface area contributed by atoms with Crippen LogP contribution in [-0.2, 0) is 9.84 Å². The Morgan fingerprint density at radius 2 is 1.79 bits per heavy atom. The van der Waals surface area contributed by atoms with Crippen molar-refractivity contribution in [3.8, 4) is 0 Å². The van der Waals surface area contributed by atoms with E-state index in [1.807, 2.05) is 12.1 Å². The van der Waals surface area contributed by atoms with Crippen LogP contribution in [-0.4, -0.2) is 31.2 Å². The van der Waals surface area contributed by atoms with Gasteiger partial charge in [0.1, 0.15) is 0 Å². The summed E-state index contributed by atoms with van der Waals surface area (Å²) in [6.07, 6.45) is 2.79. The summed E-state index contributed by atoms with van der Waals surface area (Å²) in [5.41, 5.74) is 2.35. The van der Waals surface area contributed by atoms with Crippen molar-refractivity contribution in [3.63, 3.8) is 0 Å². The van der Waals surface area contributed by atoms with Crippen molar-refractivity contribution >= 4 is 15.5 Å². The molecule has 0 N–H and O–H groups in total. The van der Waals surface area contributed by atoms with Crippen molar-refractivity contribution < 1.29 is 8.42 Å². The maximum Gasteiger partial charge on any atom is 0.200 e. The number of rotatable bonds is 3. The molecule has 1 atom stereocenters. The van der Waals surface area contributed by atoms with E-state index in [0.717, 1.165) is 25.2 Å². The van der Waals surface area contributed by atoms with Gasteiger partial charge in [-0.25, -0.2) is 13.4 Å². The number of pyridine rings is 1. The minimum atomic E-state index is -3.40. The third kappa shape index (κ3) is 3.18. The number of nitrogens with zero attached hydrogens (tertiary/aromatic N) is 2. The van der Waals surface area contributed by atoms with Crippen LogP contribution in [0, 0.1) is 0 Å². The lowest BCUT2D eigenvalue weighted by atomic mass is 9.99. The summed E-state index contributed by atoms with van der Waals surface area (Å²) in [6.45, 7) is 7.00. The average Bonchev–Trinajstić information content (AvgIpc) is 3.05. The first-order chi connectivity index (χ1) is 11.3. The topological polar surface area (TPSA) is 50.3 Å². The summed E-state index contributed by atoms with van der Waals surface area (Å²) < 4.78 is 24.1. The Balaban J connectivity index is 1.76. The second-order valence-electron chi connectivity index (χ2n) is 7.31. The van der Waals surface area contributed by atoms with Gasteiger partial charge in [-0.15, -0.1) is 0 Å². The van der Waals surface area contributed by atoms with E-state index >= 15 is 0 Å². The van der Waals surface area contributed by atoms with Crippen LogP contribution in [0.3, 0.4) is 0 Å². The highest BCUT2D eigenvalue weighted by Crippen LogP contribution is 2.31. The molecule has 0 aliphatic carbocycles. The van der Waals surface area contributed by atoms with Crippen molar-refractivity contribution in [2.75, 3.05) is 18.0 Å². The molecule has 0 amide bonds. The molecule has 0 radical (unpaired) electrons. The van der Waals surface area contributed by atoms with Crippen LogP contribution >= 0.6 is 0 Å². The van der Waals surface area contributed by atoms with E-state index in [1.54, 1.807) is 33.0 Å². The molecule has 4 nitrogen and oxygen atoms in total. The smallest absolute Gasteiger partial charge is 0.200 e. The van der Waals surface area contributed by atoms with Crippen LogP contribution in [0.5, 0.6) is 0 Å². The van der Waals surface area contributed by atoms with E-state index in [1.165, 1.54) is 5.56 Å². The summed E-state index contributed by atoms with van der Waals surface area (Å²) in [4.78, 5) is 6.51. The van der Waals surface area contributed by atoms with E-state index in [9.17, 15) is 8.42 Å². The highest BCUT2D eigenvalue weighted by molar-refractivity contribution is 7.92. The van der Waals surface area contributed by atoms with Crippen LogP contribution < -0.4 is 4.90 Å². The highest BCUT2D eigenvalue weighted by atomic mass is 32.2. The highest BCUT2D eigenvalue weighted by Gasteiger charge is 2.32. The molecule has 1 unspecified atom stereocenters. The molecular formula is C19H24N2O2S. The molecule has 1 aromatic heterocycles. The normalized spacial score (nSPS) is 18.8. The molecule has 0 bridgehead atoms. The molecule has 5 heteroatoms. The SMILES string of the molecule is CC(C)(C)S(=O)(=O)c1ccc(N2CCC(c3ccccc3)C2)cn1. The van der Waals surface area contributed by atoms with Crippen LogP contribution in [0.25, 0.3) is 0 Å². The third-order valence-corrected chi connectivity index (χ3v) is 7.03. The Hall–Kier alpha value is -1.88. The quantitative estimate of drug-likeness (QED) is 0.853. The Morgan fingerprint density at radius 1 is 1.08 bits per heavy atom. The molecule has 128 valence electrons. The molecular weight excluding hydrogens is 320 g/mol. The molecule has 0 saturated carbocycles. The lowest BCUT2D eigenvalue weighted by Crippen LogP contribution is -2.28. The van der Waals surface area contributed by atoms with Gasteiger partial charge in [0.25, 0.3) is 0 Å². The van der Waals surface area contributed by atoms with Gasteiger partial charge in [-0.3, -0.25) is 0 Å². The van der Waals surface area contributed by atoms with Crippen molar-refractivity contribution in [1.82, 2.24) is 4.98 Å². The Morgan fingerprint density at radius 3 is 2.38 bits per heavy atom. The van der Waals surface area contributed by atoms with Crippen LogP contribution in [0.4, 0.5) is 5.69 Å². The first-order valence-electron chi connectivity index (χ1n) is 8.29. The summed E-state index contributed by atoms with van der Waals surface area (Å²) in [5, 5.41) is 0.151. The van der Waals surface area contributed by atoms with E-state index < -0.39 is 14.6 Å². The summed E-state index contributed by atoms with van der Waals surface area (Å²) in [7, 11) is -3.40. The van der Waals surface area contributed by atoms with Gasteiger partial charge in [-0.2, -0.15) is 0 Å². The van der Waals surface area contributed by atoms with Crippen molar-refractivity contribution in [2.45, 2.75) is 42.9 Å². The van der Waals surface area contributed by atoms with Crippen LogP contribution in [0.15, 0.2) is 53.7 Å². The zero-order chi connectivity index (χ0) is 17.4. The van der Waals surface area contributed by atoms with Gasteiger partial charge in [0, 0.05) is 19.0 Å². The number of sulfone groups is 1. The largest absolute Gasteiger partial charge is 0.370 e. The van der Waals surface area contributed by atoms with Crippen LogP contribution in [0.1, 0.15) is 38.7 Å². The van der Waals surface area contributed by atoms with Crippen molar-refractivity contribution in [3.05, 3.63) is 54.2 Å². The molecule has 1 aromatic carbocycles. The predicted octanol–water partition coefficient (Wildman–Crippen LogP) is 3.65. The Kier molecular flexibility index (Phi) is 4.38. The van der Waals surface area contributed by atoms with Gasteiger partial charge in [-0.1, -0.05) is 30.3 Å². The molecule has 3 rings (SSSR count). The molecule has 1 aliphatic heterocycles. The molecule has 0 spiro atoms. The summed E-state index contributed by atoms with van der Waals surface area (Å²) in [6, 6.07) is 14.0. The minimum absolute atomic E-state index is 0.151. The zero-order valence-electron chi connectivity index (χ0n) is 14.4. The Bertz CT molecular complexity index is 794. The number of anilines is 1. The molecule has 1 fully saturated rings. The van der Waals surface area contributed by atoms with E-state index in [-0.39, 0.29) is 5.03 Å². The molecule has 1 aliphatic rings.